The molecular weight excluding hydrogens is 642 g/mol. The van der Waals surface area contributed by atoms with Crippen LogP contribution in [0.15, 0.2) is 60.8 Å². The number of aliphatic carboxylic acids is 1. The molecule has 2 amide bonds. The van der Waals surface area contributed by atoms with Crippen molar-refractivity contribution in [2.75, 3.05) is 11.9 Å². The molecule has 0 saturated carbocycles. The number of nitrogens with two attached hydrogens (primary N) is 1. The lowest BCUT2D eigenvalue weighted by molar-refractivity contribution is -0.192. The van der Waals surface area contributed by atoms with Gasteiger partial charge in [-0.15, -0.1) is 0 Å². The second-order valence-corrected chi connectivity index (χ2v) is 9.55. The summed E-state index contributed by atoms with van der Waals surface area (Å²) in [5, 5.41) is 17.8. The van der Waals surface area contributed by atoms with E-state index in [0.717, 1.165) is 12.3 Å². The maximum absolute atomic E-state index is 13.3. The minimum atomic E-state index is -5.08. The fourth-order valence-corrected chi connectivity index (χ4v) is 3.50. The summed E-state index contributed by atoms with van der Waals surface area (Å²) in [6.45, 7) is 5.87. The summed E-state index contributed by atoms with van der Waals surface area (Å²) in [4.78, 5) is 37.9. The number of carboxylic acids is 1. The number of nitrogen functional groups attached to an aromatic ring is 1. The highest BCUT2D eigenvalue weighted by atomic mass is 19.4. The van der Waals surface area contributed by atoms with Gasteiger partial charge in [-0.05, 0) is 74.9 Å². The van der Waals surface area contributed by atoms with E-state index in [4.69, 9.17) is 30.5 Å². The van der Waals surface area contributed by atoms with Gasteiger partial charge >= 0.3 is 18.3 Å². The molecule has 0 bridgehead atoms. The topological polar surface area (TPSA) is 189 Å². The van der Waals surface area contributed by atoms with Crippen molar-refractivity contribution in [1.29, 1.82) is 5.41 Å². The van der Waals surface area contributed by atoms with Crippen molar-refractivity contribution < 1.29 is 55.3 Å². The van der Waals surface area contributed by atoms with Crippen molar-refractivity contribution in [3.05, 3.63) is 83.2 Å². The number of amidine groups is 1. The van der Waals surface area contributed by atoms with E-state index in [1.165, 1.54) is 0 Å². The zero-order chi connectivity index (χ0) is 35.5. The van der Waals surface area contributed by atoms with Crippen LogP contribution < -0.4 is 31.4 Å². The minimum absolute atomic E-state index is 0.122. The lowest BCUT2D eigenvalue weighted by atomic mass is 10.0. The molecule has 254 valence electrons. The number of rotatable bonds is 10. The molecule has 1 atom stereocenters. The van der Waals surface area contributed by atoms with Crippen molar-refractivity contribution in [2.24, 2.45) is 5.73 Å². The number of carbonyl (C=O) groups is 3. The molecule has 1 heterocycles. The Hall–Kier alpha value is -5.55. The number of pyridine rings is 1. The number of carbonyl (C=O) groups excluding carboxylic acids is 2. The third kappa shape index (κ3) is 11.7. The summed E-state index contributed by atoms with van der Waals surface area (Å²) < 4.78 is 81.5. The summed E-state index contributed by atoms with van der Waals surface area (Å²) in [5.74, 6) is -3.55. The highest BCUT2D eigenvalue weighted by molar-refractivity contribution is 5.97. The maximum Gasteiger partial charge on any atom is 0.490 e. The van der Waals surface area contributed by atoms with Crippen molar-refractivity contribution in [1.82, 2.24) is 15.8 Å². The molecule has 0 aliphatic carbocycles. The molecular formula is C29H30F6N6O6. The van der Waals surface area contributed by atoms with Crippen LogP contribution in [0.2, 0.25) is 0 Å². The van der Waals surface area contributed by atoms with Gasteiger partial charge in [0, 0.05) is 17.4 Å². The van der Waals surface area contributed by atoms with E-state index in [0.29, 0.717) is 41.0 Å². The van der Waals surface area contributed by atoms with Gasteiger partial charge in [0.25, 0.3) is 11.8 Å². The Morgan fingerprint density at radius 3 is 2.00 bits per heavy atom. The number of hydrogen-bond acceptors (Lipinski definition) is 8. The molecule has 0 radical (unpaired) electrons. The van der Waals surface area contributed by atoms with Crippen LogP contribution in [-0.2, 0) is 15.8 Å². The Morgan fingerprint density at radius 1 is 0.936 bits per heavy atom. The smallest absolute Gasteiger partial charge is 0.490 e. The van der Waals surface area contributed by atoms with E-state index < -0.39 is 41.9 Å². The normalized spacial score (nSPS) is 11.8. The van der Waals surface area contributed by atoms with Crippen molar-refractivity contribution >= 4 is 29.3 Å². The van der Waals surface area contributed by atoms with Crippen LogP contribution >= 0.6 is 0 Å². The Morgan fingerprint density at radius 2 is 1.53 bits per heavy atom. The first-order valence-corrected chi connectivity index (χ1v) is 13.4. The Balaban J connectivity index is 0.000000984. The average molecular weight is 673 g/mol. The summed E-state index contributed by atoms with van der Waals surface area (Å²) in [6.07, 6.45) is -9.10. The van der Waals surface area contributed by atoms with Crippen LogP contribution in [0.3, 0.4) is 0 Å². The Kier molecular flexibility index (Phi) is 12.9. The average Bonchev–Trinajstić information content (AvgIpc) is 2.99. The van der Waals surface area contributed by atoms with E-state index >= 15 is 0 Å². The van der Waals surface area contributed by atoms with Gasteiger partial charge in [0.15, 0.2) is 11.5 Å². The van der Waals surface area contributed by atoms with E-state index in [-0.39, 0.29) is 17.5 Å². The highest BCUT2D eigenvalue weighted by Crippen LogP contribution is 2.33. The largest absolute Gasteiger partial charge is 0.490 e. The third-order valence-corrected chi connectivity index (χ3v) is 5.59. The van der Waals surface area contributed by atoms with Crippen LogP contribution in [-0.4, -0.2) is 52.6 Å². The van der Waals surface area contributed by atoms with Gasteiger partial charge in [0.1, 0.15) is 17.6 Å². The summed E-state index contributed by atoms with van der Waals surface area (Å²) >= 11 is 0. The molecule has 0 aliphatic heterocycles. The predicted octanol–water partition coefficient (Wildman–Crippen LogP) is 4.82. The molecule has 0 saturated heterocycles. The lowest BCUT2D eigenvalue weighted by Crippen LogP contribution is -2.45. The van der Waals surface area contributed by atoms with Crippen LogP contribution in [0.25, 0.3) is 0 Å². The second-order valence-electron chi connectivity index (χ2n) is 9.55. The zero-order valence-electron chi connectivity index (χ0n) is 24.9. The standard InChI is InChI=1S/C27H29F3N6O4.C2HF3O2/c1-4-39-21-13-17(7-11-20(21)40-15(2)3)23(34-19-9-5-16(6-10-19)24(31)32)26(38)36-35-25(37)18-8-12-22(33-14-18)27(28,29)30;3-2(4,5)1(6)7/h5-15,23,34H,4H2,1-3H3,(H3,31,32)(H,35,37)(H,36,38);(H,6,7). The van der Waals surface area contributed by atoms with Gasteiger partial charge in [-0.2, -0.15) is 26.3 Å². The number of ether oxygens (including phenoxy) is 2. The first-order valence-electron chi connectivity index (χ1n) is 13.4. The van der Waals surface area contributed by atoms with E-state index in [1.807, 2.05) is 13.8 Å². The number of alkyl halides is 6. The molecule has 7 N–H and O–H groups in total. The summed E-state index contributed by atoms with van der Waals surface area (Å²) in [5.41, 5.74) is 10.1. The summed E-state index contributed by atoms with van der Waals surface area (Å²) in [7, 11) is 0. The number of halogens is 6. The molecule has 18 heteroatoms. The van der Waals surface area contributed by atoms with Gasteiger partial charge in [-0.3, -0.25) is 30.8 Å². The van der Waals surface area contributed by atoms with Gasteiger partial charge in [-0.25, -0.2) is 4.79 Å². The number of hydrogen-bond donors (Lipinski definition) is 6. The second kappa shape index (κ2) is 16.1. The van der Waals surface area contributed by atoms with E-state index in [9.17, 15) is 35.9 Å². The molecule has 0 fully saturated rings. The quantitative estimate of drug-likeness (QED) is 0.0760. The van der Waals surface area contributed by atoms with Crippen LogP contribution in [0.5, 0.6) is 11.5 Å². The summed E-state index contributed by atoms with van der Waals surface area (Å²) in [6, 6.07) is 12.0. The molecule has 2 aromatic carbocycles. The molecule has 3 rings (SSSR count). The fraction of sp³-hybridized carbons (Fsp3) is 0.276. The van der Waals surface area contributed by atoms with E-state index in [1.54, 1.807) is 49.4 Å². The molecule has 47 heavy (non-hydrogen) atoms. The van der Waals surface area contributed by atoms with Crippen LogP contribution in [0.4, 0.5) is 32.0 Å². The van der Waals surface area contributed by atoms with Gasteiger partial charge in [0.2, 0.25) is 0 Å². The van der Waals surface area contributed by atoms with Crippen molar-refractivity contribution in [3.63, 3.8) is 0 Å². The molecule has 0 spiro atoms. The number of nitrogens with one attached hydrogen (secondary N) is 4. The Bertz CT molecular complexity index is 1550. The predicted molar refractivity (Wildman–Crippen MR) is 156 cm³/mol. The molecule has 1 unspecified atom stereocenters. The highest BCUT2D eigenvalue weighted by Gasteiger charge is 2.38. The van der Waals surface area contributed by atoms with Crippen LogP contribution in [0, 0.1) is 5.41 Å². The molecule has 0 aliphatic rings. The molecule has 1 aromatic heterocycles. The number of nitrogens with zero attached hydrogens (tertiary/aromatic N) is 1. The maximum atomic E-state index is 13.3. The first kappa shape index (κ1) is 37.6. The lowest BCUT2D eigenvalue weighted by Gasteiger charge is -2.22. The number of amides is 2. The first-order chi connectivity index (χ1) is 21.8. The zero-order valence-corrected chi connectivity index (χ0v) is 24.9. The Labute approximate surface area is 263 Å². The van der Waals surface area contributed by atoms with Crippen molar-refractivity contribution in [2.45, 2.75) is 45.3 Å². The van der Waals surface area contributed by atoms with Gasteiger partial charge in [0.05, 0.1) is 18.3 Å². The number of aromatic nitrogens is 1. The van der Waals surface area contributed by atoms with Crippen molar-refractivity contribution in [3.8, 4) is 11.5 Å². The third-order valence-electron chi connectivity index (χ3n) is 5.59. The number of benzene rings is 2. The van der Waals surface area contributed by atoms with Crippen LogP contribution in [0.1, 0.15) is 54.0 Å². The number of hydrazine groups is 1. The monoisotopic (exact) mass is 672 g/mol. The SMILES string of the molecule is CCOc1cc(C(Nc2ccc(C(=N)N)cc2)C(=O)NNC(=O)c2ccc(C(F)(F)F)nc2)ccc1OC(C)C.O=C(O)C(F)(F)F. The molecule has 3 aromatic rings. The van der Waals surface area contributed by atoms with E-state index in [2.05, 4.69) is 21.2 Å². The number of carboxylic acid groups (broad SMARTS) is 1. The fourth-order valence-electron chi connectivity index (χ4n) is 3.50. The van der Waals surface area contributed by atoms with Gasteiger partial charge in [-0.1, -0.05) is 6.07 Å². The van der Waals surface area contributed by atoms with Gasteiger partial charge < -0.3 is 25.6 Å². The molecule has 12 nitrogen and oxygen atoms in total. The number of anilines is 1. The minimum Gasteiger partial charge on any atom is -0.490 e.